The van der Waals surface area contributed by atoms with E-state index in [0.717, 1.165) is 11.5 Å². The molecular formula is C22H30N2O4S2. The normalized spacial score (nSPS) is 11.2. The average Bonchev–Trinajstić information content (AvgIpc) is 2.70. The molecule has 164 valence electrons. The first-order valence-electron chi connectivity index (χ1n) is 9.81. The van der Waals surface area contributed by atoms with Gasteiger partial charge in [0.25, 0.3) is 0 Å². The number of benzene rings is 2. The highest BCUT2D eigenvalue weighted by Crippen LogP contribution is 2.22. The van der Waals surface area contributed by atoms with Crippen LogP contribution in [0.15, 0.2) is 48.5 Å². The quantitative estimate of drug-likeness (QED) is 0.500. The van der Waals surface area contributed by atoms with Gasteiger partial charge in [-0.2, -0.15) is 11.8 Å². The van der Waals surface area contributed by atoms with Gasteiger partial charge in [-0.1, -0.05) is 29.8 Å². The molecule has 30 heavy (non-hydrogen) atoms. The molecular weight excluding hydrogens is 420 g/mol. The van der Waals surface area contributed by atoms with Gasteiger partial charge in [-0.15, -0.1) is 0 Å². The van der Waals surface area contributed by atoms with Crippen molar-refractivity contribution >= 4 is 33.4 Å². The van der Waals surface area contributed by atoms with Crippen LogP contribution in [0.25, 0.3) is 0 Å². The number of carbonyl (C=O) groups is 1. The molecule has 0 bridgehead atoms. The lowest BCUT2D eigenvalue weighted by Crippen LogP contribution is -2.32. The van der Waals surface area contributed by atoms with E-state index >= 15 is 0 Å². The zero-order valence-electron chi connectivity index (χ0n) is 17.8. The van der Waals surface area contributed by atoms with Crippen LogP contribution in [0.2, 0.25) is 0 Å². The zero-order chi connectivity index (χ0) is 22.0. The zero-order valence-corrected chi connectivity index (χ0v) is 19.4. The minimum absolute atomic E-state index is 0.0608. The van der Waals surface area contributed by atoms with Gasteiger partial charge in [0.1, 0.15) is 5.75 Å². The van der Waals surface area contributed by atoms with Crippen LogP contribution in [-0.2, 0) is 20.6 Å². The van der Waals surface area contributed by atoms with Gasteiger partial charge in [0.2, 0.25) is 15.9 Å². The number of thioether (sulfide) groups is 1. The van der Waals surface area contributed by atoms with Gasteiger partial charge in [0, 0.05) is 31.0 Å². The van der Waals surface area contributed by atoms with E-state index < -0.39 is 10.0 Å². The maximum absolute atomic E-state index is 12.1. The number of nitrogens with one attached hydrogen (secondary N) is 1. The van der Waals surface area contributed by atoms with Gasteiger partial charge in [0.05, 0.1) is 19.1 Å². The van der Waals surface area contributed by atoms with Crippen molar-refractivity contribution in [1.29, 1.82) is 0 Å². The Bertz CT molecular complexity index is 915. The molecule has 6 nitrogen and oxygen atoms in total. The molecule has 0 heterocycles. The number of aryl methyl sites for hydroxylation is 1. The third-order valence-electron chi connectivity index (χ3n) is 4.45. The summed E-state index contributed by atoms with van der Waals surface area (Å²) in [5.74, 6) is 2.35. The number of hydrogen-bond acceptors (Lipinski definition) is 5. The molecule has 0 unspecified atom stereocenters. The predicted molar refractivity (Wildman–Crippen MR) is 125 cm³/mol. The number of anilines is 1. The molecule has 2 aromatic rings. The molecule has 1 N–H and O–H groups in total. The molecule has 0 aromatic heterocycles. The summed E-state index contributed by atoms with van der Waals surface area (Å²) in [7, 11) is -1.87. The van der Waals surface area contributed by atoms with Crippen molar-refractivity contribution in [2.45, 2.75) is 25.5 Å². The lowest BCUT2D eigenvalue weighted by atomic mass is 10.2. The Morgan fingerprint density at radius 2 is 1.90 bits per heavy atom. The number of sulfonamides is 1. The van der Waals surface area contributed by atoms with Crippen molar-refractivity contribution in [1.82, 2.24) is 5.32 Å². The van der Waals surface area contributed by atoms with Gasteiger partial charge in [-0.05, 0) is 43.2 Å². The Labute approximate surface area is 184 Å². The van der Waals surface area contributed by atoms with E-state index in [-0.39, 0.29) is 18.9 Å². The fourth-order valence-electron chi connectivity index (χ4n) is 2.96. The van der Waals surface area contributed by atoms with Gasteiger partial charge < -0.3 is 10.1 Å². The maximum atomic E-state index is 12.1. The average molecular weight is 451 g/mol. The highest BCUT2D eigenvalue weighted by molar-refractivity contribution is 7.98. The van der Waals surface area contributed by atoms with Crippen LogP contribution < -0.4 is 14.4 Å². The van der Waals surface area contributed by atoms with Crippen molar-refractivity contribution in [3.05, 3.63) is 59.7 Å². The molecule has 2 aromatic carbocycles. The molecule has 0 aliphatic carbocycles. The van der Waals surface area contributed by atoms with E-state index in [4.69, 9.17) is 4.74 Å². The maximum Gasteiger partial charge on any atom is 0.232 e. The van der Waals surface area contributed by atoms with Crippen LogP contribution in [0.3, 0.4) is 0 Å². The summed E-state index contributed by atoms with van der Waals surface area (Å²) in [6.07, 6.45) is 1.90. The Balaban J connectivity index is 1.70. The van der Waals surface area contributed by atoms with E-state index in [1.165, 1.54) is 21.7 Å². The number of rotatable bonds is 12. The van der Waals surface area contributed by atoms with Crippen LogP contribution in [0.5, 0.6) is 5.75 Å². The van der Waals surface area contributed by atoms with Crippen molar-refractivity contribution in [3.63, 3.8) is 0 Å². The van der Waals surface area contributed by atoms with Crippen LogP contribution in [0.4, 0.5) is 5.69 Å². The number of methoxy groups -OCH3 is 1. The van der Waals surface area contributed by atoms with Crippen molar-refractivity contribution in [3.8, 4) is 5.75 Å². The fraction of sp³-hybridized carbons (Fsp3) is 0.409. The summed E-state index contributed by atoms with van der Waals surface area (Å²) in [6, 6.07) is 15.2. The molecule has 2 rings (SSSR count). The molecule has 0 aliphatic rings. The minimum Gasteiger partial charge on any atom is -0.497 e. The summed E-state index contributed by atoms with van der Waals surface area (Å²) in [5.41, 5.74) is 3.09. The lowest BCUT2D eigenvalue weighted by Gasteiger charge is -2.22. The molecule has 0 fully saturated rings. The second-order valence-electron chi connectivity index (χ2n) is 7.03. The van der Waals surface area contributed by atoms with Crippen molar-refractivity contribution in [2.75, 3.05) is 36.5 Å². The summed E-state index contributed by atoms with van der Waals surface area (Å²) in [6.45, 7) is 2.93. The first-order chi connectivity index (χ1) is 14.3. The van der Waals surface area contributed by atoms with Crippen LogP contribution in [0.1, 0.15) is 24.0 Å². The number of carbonyl (C=O) groups excluding carboxylic acids is 1. The standard InChI is InChI=1S/C22H30N2O4S2/c1-18-6-4-7-19(16-18)17-29-15-13-23-22(25)8-5-14-24(30(3,26)27)20-9-11-21(28-2)12-10-20/h4,6-7,9-12,16H,5,8,13-15,17H2,1-3H3,(H,23,25). The molecule has 8 heteroatoms. The summed E-state index contributed by atoms with van der Waals surface area (Å²) < 4.78 is 30.7. The molecule has 0 radical (unpaired) electrons. The second kappa shape index (κ2) is 11.9. The first kappa shape index (κ1) is 24.1. The smallest absolute Gasteiger partial charge is 0.232 e. The predicted octanol–water partition coefficient (Wildman–Crippen LogP) is 3.60. The SMILES string of the molecule is COc1ccc(N(CCCC(=O)NCCSCc2cccc(C)c2)S(C)(=O)=O)cc1. The summed E-state index contributed by atoms with van der Waals surface area (Å²) >= 11 is 1.78. The third-order valence-corrected chi connectivity index (χ3v) is 6.67. The molecule has 0 saturated carbocycles. The highest BCUT2D eigenvalue weighted by Gasteiger charge is 2.17. The first-order valence-corrected chi connectivity index (χ1v) is 12.8. The minimum atomic E-state index is -3.43. The molecule has 0 saturated heterocycles. The lowest BCUT2D eigenvalue weighted by molar-refractivity contribution is -0.121. The molecule has 0 aliphatic heterocycles. The fourth-order valence-corrected chi connectivity index (χ4v) is 4.73. The number of nitrogens with zero attached hydrogens (tertiary/aromatic N) is 1. The Morgan fingerprint density at radius 1 is 1.17 bits per heavy atom. The third kappa shape index (κ3) is 8.28. The van der Waals surface area contributed by atoms with E-state index in [2.05, 4.69) is 36.5 Å². The second-order valence-corrected chi connectivity index (χ2v) is 10.0. The highest BCUT2D eigenvalue weighted by atomic mass is 32.2. The summed E-state index contributed by atoms with van der Waals surface area (Å²) in [5, 5.41) is 2.90. The van der Waals surface area contributed by atoms with Crippen molar-refractivity contribution in [2.24, 2.45) is 0 Å². The van der Waals surface area contributed by atoms with E-state index in [0.29, 0.717) is 24.4 Å². The summed E-state index contributed by atoms with van der Waals surface area (Å²) in [4.78, 5) is 12.1. The Morgan fingerprint density at radius 3 is 2.53 bits per heavy atom. The van der Waals surface area contributed by atoms with E-state index in [1.807, 2.05) is 0 Å². The molecule has 0 atom stereocenters. The van der Waals surface area contributed by atoms with Crippen LogP contribution in [0, 0.1) is 6.92 Å². The number of hydrogen-bond donors (Lipinski definition) is 1. The van der Waals surface area contributed by atoms with Crippen molar-refractivity contribution < 1.29 is 17.9 Å². The van der Waals surface area contributed by atoms with Crippen LogP contribution in [-0.4, -0.2) is 46.5 Å². The number of ether oxygens (including phenoxy) is 1. The van der Waals surface area contributed by atoms with E-state index in [1.54, 1.807) is 43.1 Å². The topological polar surface area (TPSA) is 75.7 Å². The number of amides is 1. The van der Waals surface area contributed by atoms with E-state index in [9.17, 15) is 13.2 Å². The van der Waals surface area contributed by atoms with Gasteiger partial charge >= 0.3 is 0 Å². The Kier molecular flexibility index (Phi) is 9.52. The molecule has 1 amide bonds. The van der Waals surface area contributed by atoms with Gasteiger partial charge in [-0.25, -0.2) is 8.42 Å². The molecule has 0 spiro atoms. The van der Waals surface area contributed by atoms with Crippen LogP contribution >= 0.6 is 11.8 Å². The Hall–Kier alpha value is -2.19. The van der Waals surface area contributed by atoms with Gasteiger partial charge in [0.15, 0.2) is 0 Å². The monoisotopic (exact) mass is 450 g/mol. The largest absolute Gasteiger partial charge is 0.497 e. The van der Waals surface area contributed by atoms with Gasteiger partial charge in [-0.3, -0.25) is 9.10 Å².